The van der Waals surface area contributed by atoms with E-state index in [1.165, 1.54) is 10.5 Å². The average Bonchev–Trinajstić information content (AvgIpc) is 3.29. The minimum atomic E-state index is -1.21. The maximum Gasteiger partial charge on any atom is 0.240 e. The highest BCUT2D eigenvalue weighted by atomic mass is 16.2. The number of carbonyl (C=O) groups is 3. The maximum absolute atomic E-state index is 13.8. The SMILES string of the molecule is Cc1cc2nc(CN(C)C(=O)C[C@@]3(c4ccccc4C)CC(=O)N(CCN(C)C)C3=O)[nH]c2cc1C. The molecule has 4 rings (SSSR count). The van der Waals surface area contributed by atoms with Gasteiger partial charge >= 0.3 is 0 Å². The van der Waals surface area contributed by atoms with Crippen molar-refractivity contribution in [1.29, 1.82) is 0 Å². The number of hydrogen-bond donors (Lipinski definition) is 1. The lowest BCUT2D eigenvalue weighted by Gasteiger charge is -2.30. The molecule has 1 aliphatic heterocycles. The first kappa shape index (κ1) is 25.6. The molecular formula is C28H35N5O3. The third-order valence-corrected chi connectivity index (χ3v) is 7.25. The Morgan fingerprint density at radius 3 is 2.44 bits per heavy atom. The van der Waals surface area contributed by atoms with Crippen LogP contribution in [0.25, 0.3) is 11.0 Å². The number of imide groups is 1. The van der Waals surface area contributed by atoms with E-state index in [0.29, 0.717) is 18.9 Å². The van der Waals surface area contributed by atoms with Crippen molar-refractivity contribution in [3.8, 4) is 0 Å². The standard InChI is InChI=1S/C28H35N5O3/c1-18-9-7-8-10-21(18)28(16-26(35)33(27(28)36)12-11-31(4)5)15-25(34)32(6)17-24-29-22-13-19(2)20(3)14-23(22)30-24/h7-10,13-14H,11-12,15-17H2,1-6H3,(H,29,30)/t28-/m0/s1. The third kappa shape index (κ3) is 4.78. The molecule has 0 unspecified atom stereocenters. The van der Waals surface area contributed by atoms with Crippen molar-refractivity contribution >= 4 is 28.8 Å². The van der Waals surface area contributed by atoms with Gasteiger partial charge in [0.2, 0.25) is 17.7 Å². The van der Waals surface area contributed by atoms with Gasteiger partial charge in [0.15, 0.2) is 0 Å². The number of nitrogens with zero attached hydrogens (tertiary/aromatic N) is 4. The number of aromatic amines is 1. The molecule has 190 valence electrons. The first-order valence-corrected chi connectivity index (χ1v) is 12.3. The van der Waals surface area contributed by atoms with Crippen molar-refractivity contribution in [2.45, 2.75) is 45.6 Å². The Labute approximate surface area is 212 Å². The average molecular weight is 490 g/mol. The number of rotatable bonds is 8. The third-order valence-electron chi connectivity index (χ3n) is 7.25. The monoisotopic (exact) mass is 489 g/mol. The zero-order chi connectivity index (χ0) is 26.2. The van der Waals surface area contributed by atoms with E-state index in [0.717, 1.165) is 27.7 Å². The van der Waals surface area contributed by atoms with Crippen molar-refractivity contribution in [2.24, 2.45) is 0 Å². The Bertz CT molecular complexity index is 1290. The summed E-state index contributed by atoms with van der Waals surface area (Å²) in [5.41, 5.74) is 4.55. The lowest BCUT2D eigenvalue weighted by Crippen LogP contribution is -2.44. The molecule has 0 saturated carbocycles. The van der Waals surface area contributed by atoms with Crippen LogP contribution in [0.1, 0.15) is 40.9 Å². The van der Waals surface area contributed by atoms with Gasteiger partial charge in [-0.05, 0) is 69.3 Å². The summed E-state index contributed by atoms with van der Waals surface area (Å²) in [5.74, 6) is -0.0532. The van der Waals surface area contributed by atoms with Gasteiger partial charge in [0.1, 0.15) is 5.82 Å². The lowest BCUT2D eigenvalue weighted by atomic mass is 9.74. The second kappa shape index (κ2) is 9.85. The molecule has 0 spiro atoms. The molecule has 2 heterocycles. The molecule has 0 aliphatic carbocycles. The minimum absolute atomic E-state index is 0.00706. The van der Waals surface area contributed by atoms with Gasteiger partial charge in [-0.2, -0.15) is 0 Å². The van der Waals surface area contributed by atoms with Crippen LogP contribution < -0.4 is 0 Å². The van der Waals surface area contributed by atoms with Crippen molar-refractivity contribution in [3.05, 3.63) is 64.5 Å². The van der Waals surface area contributed by atoms with Gasteiger partial charge in [-0.15, -0.1) is 0 Å². The van der Waals surface area contributed by atoms with Gasteiger partial charge in [-0.25, -0.2) is 4.98 Å². The largest absolute Gasteiger partial charge is 0.340 e. The predicted octanol–water partition coefficient (Wildman–Crippen LogP) is 3.10. The highest BCUT2D eigenvalue weighted by molar-refractivity contribution is 6.11. The van der Waals surface area contributed by atoms with Crippen LogP contribution in [-0.4, -0.2) is 76.6 Å². The fraction of sp³-hybridized carbons (Fsp3) is 0.429. The number of nitrogens with one attached hydrogen (secondary N) is 1. The molecule has 0 radical (unpaired) electrons. The normalized spacial score (nSPS) is 18.0. The summed E-state index contributed by atoms with van der Waals surface area (Å²) >= 11 is 0. The Kier molecular flexibility index (Phi) is 7.00. The summed E-state index contributed by atoms with van der Waals surface area (Å²) in [4.78, 5) is 53.2. The van der Waals surface area contributed by atoms with Gasteiger partial charge in [0.25, 0.3) is 0 Å². The Morgan fingerprint density at radius 1 is 1.06 bits per heavy atom. The van der Waals surface area contributed by atoms with E-state index in [-0.39, 0.29) is 37.1 Å². The number of likely N-dealkylation sites (N-methyl/N-ethyl adjacent to an activating group) is 1. The molecular weight excluding hydrogens is 454 g/mol. The van der Waals surface area contributed by atoms with Crippen LogP contribution in [0.3, 0.4) is 0 Å². The van der Waals surface area contributed by atoms with Crippen molar-refractivity contribution in [1.82, 2.24) is 24.7 Å². The number of aryl methyl sites for hydroxylation is 3. The molecule has 1 saturated heterocycles. The van der Waals surface area contributed by atoms with Crippen LogP contribution in [0.2, 0.25) is 0 Å². The molecule has 2 aromatic carbocycles. The predicted molar refractivity (Wildman–Crippen MR) is 139 cm³/mol. The lowest BCUT2D eigenvalue weighted by molar-refractivity contribution is -0.142. The fourth-order valence-electron chi connectivity index (χ4n) is 4.98. The molecule has 1 fully saturated rings. The number of carbonyl (C=O) groups excluding carboxylic acids is 3. The van der Waals surface area contributed by atoms with Crippen LogP contribution in [0, 0.1) is 20.8 Å². The zero-order valence-corrected chi connectivity index (χ0v) is 22.0. The second-order valence-corrected chi connectivity index (χ2v) is 10.3. The Balaban J connectivity index is 1.61. The van der Waals surface area contributed by atoms with Crippen LogP contribution in [-0.2, 0) is 26.3 Å². The highest BCUT2D eigenvalue weighted by Crippen LogP contribution is 2.41. The Hall–Kier alpha value is -3.52. The molecule has 1 aromatic heterocycles. The molecule has 8 nitrogen and oxygen atoms in total. The van der Waals surface area contributed by atoms with E-state index < -0.39 is 5.41 Å². The van der Waals surface area contributed by atoms with E-state index in [9.17, 15) is 14.4 Å². The molecule has 3 aromatic rings. The number of hydrogen-bond acceptors (Lipinski definition) is 5. The van der Waals surface area contributed by atoms with Crippen molar-refractivity contribution in [2.75, 3.05) is 34.2 Å². The van der Waals surface area contributed by atoms with Crippen molar-refractivity contribution < 1.29 is 14.4 Å². The summed E-state index contributed by atoms with van der Waals surface area (Å²) in [6.45, 7) is 7.18. The number of amides is 3. The fourth-order valence-corrected chi connectivity index (χ4v) is 4.98. The number of H-pyrrole nitrogens is 1. The van der Waals surface area contributed by atoms with Gasteiger partial charge in [0, 0.05) is 33.0 Å². The number of benzene rings is 2. The van der Waals surface area contributed by atoms with E-state index in [1.54, 1.807) is 11.9 Å². The van der Waals surface area contributed by atoms with E-state index >= 15 is 0 Å². The summed E-state index contributed by atoms with van der Waals surface area (Å²) in [5, 5.41) is 0. The number of aromatic nitrogens is 2. The van der Waals surface area contributed by atoms with Gasteiger partial charge in [0.05, 0.1) is 23.0 Å². The summed E-state index contributed by atoms with van der Waals surface area (Å²) in [6.07, 6.45) is -0.0806. The Morgan fingerprint density at radius 2 is 1.75 bits per heavy atom. The van der Waals surface area contributed by atoms with Gasteiger partial charge < -0.3 is 14.8 Å². The number of likely N-dealkylation sites (tertiary alicyclic amines) is 1. The molecule has 1 atom stereocenters. The first-order chi connectivity index (χ1) is 17.0. The highest BCUT2D eigenvalue weighted by Gasteiger charge is 2.54. The van der Waals surface area contributed by atoms with Gasteiger partial charge in [-0.3, -0.25) is 19.3 Å². The van der Waals surface area contributed by atoms with Crippen LogP contribution in [0.5, 0.6) is 0 Å². The first-order valence-electron chi connectivity index (χ1n) is 12.3. The van der Waals surface area contributed by atoms with Crippen LogP contribution in [0.15, 0.2) is 36.4 Å². The van der Waals surface area contributed by atoms with Crippen molar-refractivity contribution in [3.63, 3.8) is 0 Å². The number of fused-ring (bicyclic) bond motifs is 1. The summed E-state index contributed by atoms with van der Waals surface area (Å²) < 4.78 is 0. The second-order valence-electron chi connectivity index (χ2n) is 10.3. The zero-order valence-electron chi connectivity index (χ0n) is 22.0. The maximum atomic E-state index is 13.8. The topological polar surface area (TPSA) is 89.6 Å². The number of imidazole rings is 1. The van der Waals surface area contributed by atoms with E-state index in [1.807, 2.05) is 63.2 Å². The quantitative estimate of drug-likeness (QED) is 0.491. The minimum Gasteiger partial charge on any atom is -0.340 e. The summed E-state index contributed by atoms with van der Waals surface area (Å²) in [6, 6.07) is 11.6. The van der Waals surface area contributed by atoms with Crippen LogP contribution in [0.4, 0.5) is 0 Å². The molecule has 3 amide bonds. The molecule has 36 heavy (non-hydrogen) atoms. The van der Waals surface area contributed by atoms with Gasteiger partial charge in [-0.1, -0.05) is 24.3 Å². The van der Waals surface area contributed by atoms with E-state index in [4.69, 9.17) is 0 Å². The summed E-state index contributed by atoms with van der Waals surface area (Å²) in [7, 11) is 5.51. The van der Waals surface area contributed by atoms with E-state index in [2.05, 4.69) is 23.0 Å². The molecule has 0 bridgehead atoms. The smallest absolute Gasteiger partial charge is 0.240 e. The molecule has 8 heteroatoms. The molecule has 1 aliphatic rings. The molecule has 1 N–H and O–H groups in total. The van der Waals surface area contributed by atoms with Crippen LogP contribution >= 0.6 is 0 Å².